The summed E-state index contributed by atoms with van der Waals surface area (Å²) in [6.07, 6.45) is 2.28. The molecule has 0 radical (unpaired) electrons. The van der Waals surface area contributed by atoms with Gasteiger partial charge in [0.1, 0.15) is 11.8 Å². The number of carboxylic acids is 1. The van der Waals surface area contributed by atoms with Crippen LogP contribution in [0.3, 0.4) is 0 Å². The van der Waals surface area contributed by atoms with Gasteiger partial charge in [0.15, 0.2) is 0 Å². The van der Waals surface area contributed by atoms with Crippen molar-refractivity contribution in [2.45, 2.75) is 25.4 Å². The Labute approximate surface area is 112 Å². The lowest BCUT2D eigenvalue weighted by Gasteiger charge is -2.19. The summed E-state index contributed by atoms with van der Waals surface area (Å²) in [6.45, 7) is 1.95. The molecule has 0 bridgehead atoms. The Morgan fingerprint density at radius 3 is 2.58 bits per heavy atom. The Balaban J connectivity index is 2.03. The average molecular weight is 259 g/mol. The van der Waals surface area contributed by atoms with Gasteiger partial charge < -0.3 is 9.52 Å². The molecule has 0 aliphatic heterocycles. The summed E-state index contributed by atoms with van der Waals surface area (Å²) in [7, 11) is 0. The van der Waals surface area contributed by atoms with Gasteiger partial charge in [0, 0.05) is 12.5 Å². The van der Waals surface area contributed by atoms with E-state index in [9.17, 15) is 9.90 Å². The first-order valence-electron chi connectivity index (χ1n) is 6.23. The zero-order valence-electron chi connectivity index (χ0n) is 10.7. The summed E-state index contributed by atoms with van der Waals surface area (Å²) < 4.78 is 5.26. The molecule has 2 N–H and O–H groups in total. The van der Waals surface area contributed by atoms with Gasteiger partial charge in [0.05, 0.1) is 6.26 Å². The molecule has 2 atom stereocenters. The molecule has 0 spiro atoms. The number of nitrogens with one attached hydrogen (secondary N) is 1. The SMILES string of the molecule is CC(Cc1ccco1)NC(C(=O)O)c1ccccc1. The predicted molar refractivity (Wildman–Crippen MR) is 71.8 cm³/mol. The Kier molecular flexibility index (Phi) is 4.36. The number of benzene rings is 1. The second-order valence-corrected chi connectivity index (χ2v) is 4.53. The molecule has 0 aliphatic carbocycles. The van der Waals surface area contributed by atoms with Crippen molar-refractivity contribution in [1.29, 1.82) is 0 Å². The van der Waals surface area contributed by atoms with Crippen LogP contribution < -0.4 is 5.32 Å². The van der Waals surface area contributed by atoms with Gasteiger partial charge in [0.2, 0.25) is 0 Å². The highest BCUT2D eigenvalue weighted by Gasteiger charge is 2.21. The Morgan fingerprint density at radius 1 is 1.26 bits per heavy atom. The quantitative estimate of drug-likeness (QED) is 0.837. The van der Waals surface area contributed by atoms with E-state index >= 15 is 0 Å². The van der Waals surface area contributed by atoms with E-state index in [0.717, 1.165) is 11.3 Å². The summed E-state index contributed by atoms with van der Waals surface area (Å²) >= 11 is 0. The zero-order chi connectivity index (χ0) is 13.7. The summed E-state index contributed by atoms with van der Waals surface area (Å²) in [5.74, 6) is -0.0327. The first kappa shape index (κ1) is 13.4. The maximum absolute atomic E-state index is 11.4. The molecule has 1 aromatic heterocycles. The smallest absolute Gasteiger partial charge is 0.325 e. The van der Waals surface area contributed by atoms with Gasteiger partial charge in [-0.2, -0.15) is 0 Å². The molecule has 0 amide bonds. The van der Waals surface area contributed by atoms with Crippen LogP contribution in [0.5, 0.6) is 0 Å². The largest absolute Gasteiger partial charge is 0.480 e. The number of hydrogen-bond donors (Lipinski definition) is 2. The van der Waals surface area contributed by atoms with Gasteiger partial charge in [-0.15, -0.1) is 0 Å². The lowest BCUT2D eigenvalue weighted by atomic mass is 10.1. The third-order valence-electron chi connectivity index (χ3n) is 2.92. The van der Waals surface area contributed by atoms with E-state index < -0.39 is 12.0 Å². The summed E-state index contributed by atoms with van der Waals surface area (Å²) in [5.41, 5.74) is 0.751. The standard InChI is InChI=1S/C15H17NO3/c1-11(10-13-8-5-9-19-13)16-14(15(17)18)12-6-3-2-4-7-12/h2-9,11,14,16H,10H2,1H3,(H,17,18). The fourth-order valence-corrected chi connectivity index (χ4v) is 2.03. The highest BCUT2D eigenvalue weighted by Crippen LogP contribution is 2.15. The maximum Gasteiger partial charge on any atom is 0.325 e. The molecule has 0 aliphatic rings. The topological polar surface area (TPSA) is 62.5 Å². The van der Waals surface area contributed by atoms with Crippen LogP contribution in [0, 0.1) is 0 Å². The molecule has 1 heterocycles. The highest BCUT2D eigenvalue weighted by molar-refractivity contribution is 5.75. The molecule has 0 saturated heterocycles. The first-order valence-corrected chi connectivity index (χ1v) is 6.23. The van der Waals surface area contributed by atoms with Crippen molar-refractivity contribution in [2.24, 2.45) is 0 Å². The van der Waals surface area contributed by atoms with Crippen LogP contribution in [0.15, 0.2) is 53.1 Å². The van der Waals surface area contributed by atoms with Crippen molar-refractivity contribution >= 4 is 5.97 Å². The van der Waals surface area contributed by atoms with Crippen molar-refractivity contribution in [1.82, 2.24) is 5.32 Å². The van der Waals surface area contributed by atoms with E-state index in [-0.39, 0.29) is 6.04 Å². The van der Waals surface area contributed by atoms with Gasteiger partial charge in [0.25, 0.3) is 0 Å². The number of carboxylic acid groups (broad SMARTS) is 1. The van der Waals surface area contributed by atoms with Crippen LogP contribution in [-0.2, 0) is 11.2 Å². The molecule has 0 saturated carbocycles. The van der Waals surface area contributed by atoms with E-state index in [4.69, 9.17) is 4.42 Å². The van der Waals surface area contributed by atoms with E-state index in [1.165, 1.54) is 0 Å². The highest BCUT2D eigenvalue weighted by atomic mass is 16.4. The van der Waals surface area contributed by atoms with Crippen LogP contribution in [-0.4, -0.2) is 17.1 Å². The molecule has 1 aromatic carbocycles. The molecule has 4 heteroatoms. The van der Waals surface area contributed by atoms with Crippen molar-refractivity contribution in [2.75, 3.05) is 0 Å². The molecule has 2 rings (SSSR count). The predicted octanol–water partition coefficient (Wildman–Crippen LogP) is 2.63. The average Bonchev–Trinajstić information content (AvgIpc) is 2.89. The monoisotopic (exact) mass is 259 g/mol. The third kappa shape index (κ3) is 3.69. The van der Waals surface area contributed by atoms with Crippen LogP contribution in [0.4, 0.5) is 0 Å². The minimum Gasteiger partial charge on any atom is -0.480 e. The Bertz CT molecular complexity index is 507. The molecular formula is C15H17NO3. The fraction of sp³-hybridized carbons (Fsp3) is 0.267. The van der Waals surface area contributed by atoms with E-state index in [1.807, 2.05) is 49.4 Å². The molecule has 0 fully saturated rings. The first-order chi connectivity index (χ1) is 9.16. The number of aliphatic carboxylic acids is 1. The molecule has 2 unspecified atom stereocenters. The molecule has 4 nitrogen and oxygen atoms in total. The van der Waals surface area contributed by atoms with E-state index in [0.29, 0.717) is 6.42 Å². The van der Waals surface area contributed by atoms with Crippen molar-refractivity contribution in [3.63, 3.8) is 0 Å². The molecule has 100 valence electrons. The Morgan fingerprint density at radius 2 is 2.00 bits per heavy atom. The minimum absolute atomic E-state index is 0.00690. The van der Waals surface area contributed by atoms with Crippen molar-refractivity contribution < 1.29 is 14.3 Å². The van der Waals surface area contributed by atoms with E-state index in [1.54, 1.807) is 6.26 Å². The zero-order valence-corrected chi connectivity index (χ0v) is 10.7. The number of carbonyl (C=O) groups is 1. The summed E-state index contributed by atoms with van der Waals surface area (Å²) in [6, 6.07) is 12.2. The summed E-state index contributed by atoms with van der Waals surface area (Å²) in [4.78, 5) is 11.4. The normalized spacial score (nSPS) is 13.9. The van der Waals surface area contributed by atoms with Gasteiger partial charge in [-0.3, -0.25) is 10.1 Å². The van der Waals surface area contributed by atoms with Crippen molar-refractivity contribution in [3.05, 3.63) is 60.1 Å². The van der Waals surface area contributed by atoms with Gasteiger partial charge >= 0.3 is 5.97 Å². The lowest BCUT2D eigenvalue weighted by Crippen LogP contribution is -2.36. The second kappa shape index (κ2) is 6.20. The molecular weight excluding hydrogens is 242 g/mol. The van der Waals surface area contributed by atoms with Crippen LogP contribution in [0.25, 0.3) is 0 Å². The Hall–Kier alpha value is -2.07. The fourth-order valence-electron chi connectivity index (χ4n) is 2.03. The van der Waals surface area contributed by atoms with Gasteiger partial charge in [-0.05, 0) is 24.6 Å². The molecule has 2 aromatic rings. The van der Waals surface area contributed by atoms with Crippen LogP contribution in [0.1, 0.15) is 24.3 Å². The second-order valence-electron chi connectivity index (χ2n) is 4.53. The van der Waals surface area contributed by atoms with E-state index in [2.05, 4.69) is 5.32 Å². The minimum atomic E-state index is -0.877. The molecule has 19 heavy (non-hydrogen) atoms. The third-order valence-corrected chi connectivity index (χ3v) is 2.92. The van der Waals surface area contributed by atoms with Crippen LogP contribution >= 0.6 is 0 Å². The van der Waals surface area contributed by atoms with Crippen molar-refractivity contribution in [3.8, 4) is 0 Å². The maximum atomic E-state index is 11.4. The number of furan rings is 1. The van der Waals surface area contributed by atoms with Gasteiger partial charge in [-0.1, -0.05) is 30.3 Å². The lowest BCUT2D eigenvalue weighted by molar-refractivity contribution is -0.139. The van der Waals surface area contributed by atoms with Crippen LogP contribution in [0.2, 0.25) is 0 Å². The summed E-state index contributed by atoms with van der Waals surface area (Å²) in [5, 5.41) is 12.4. The number of rotatable bonds is 6. The number of hydrogen-bond acceptors (Lipinski definition) is 3. The van der Waals surface area contributed by atoms with Gasteiger partial charge in [-0.25, -0.2) is 0 Å².